The molecule has 0 fully saturated rings. The van der Waals surface area contributed by atoms with E-state index in [9.17, 15) is 9.59 Å². The van der Waals surface area contributed by atoms with Gasteiger partial charge in [-0.05, 0) is 44.4 Å². The summed E-state index contributed by atoms with van der Waals surface area (Å²) in [5.74, 6) is -0.237. The lowest BCUT2D eigenvalue weighted by atomic mass is 9.99. The van der Waals surface area contributed by atoms with Crippen LogP contribution in [0.5, 0.6) is 0 Å². The van der Waals surface area contributed by atoms with Gasteiger partial charge in [0.05, 0.1) is 6.54 Å². The molecule has 132 valence electrons. The van der Waals surface area contributed by atoms with Crippen LogP contribution in [0.4, 0.5) is 0 Å². The van der Waals surface area contributed by atoms with Crippen molar-refractivity contribution in [1.82, 2.24) is 10.2 Å². The van der Waals surface area contributed by atoms with Crippen molar-refractivity contribution in [2.75, 3.05) is 13.1 Å². The van der Waals surface area contributed by atoms with Gasteiger partial charge >= 0.3 is 0 Å². The first-order valence-corrected chi connectivity index (χ1v) is 8.71. The second kappa shape index (κ2) is 9.02. The average molecular weight is 338 g/mol. The normalized spacial score (nSPS) is 10.6. The number of nitrogens with zero attached hydrogens (tertiary/aromatic N) is 1. The van der Waals surface area contributed by atoms with Crippen molar-refractivity contribution in [2.45, 2.75) is 33.2 Å². The Labute approximate surface area is 149 Å². The Kier molecular flexibility index (Phi) is 6.75. The Bertz CT molecular complexity index is 711. The highest BCUT2D eigenvalue weighted by Gasteiger charge is 2.20. The maximum Gasteiger partial charge on any atom is 0.254 e. The standard InChI is InChI=1S/C21H26N2O2/c1-4-23(15-20(24)22-16(2)3)21(25)19-13-9-8-12-18(19)14-17-10-6-5-7-11-17/h5-13,16H,4,14-15H2,1-3H3,(H,22,24). The van der Waals surface area contributed by atoms with E-state index in [0.717, 1.165) is 11.1 Å². The second-order valence-corrected chi connectivity index (χ2v) is 6.36. The molecule has 0 unspecified atom stereocenters. The van der Waals surface area contributed by atoms with Crippen LogP contribution in [0.15, 0.2) is 54.6 Å². The smallest absolute Gasteiger partial charge is 0.254 e. The molecule has 25 heavy (non-hydrogen) atoms. The van der Waals surface area contributed by atoms with E-state index in [0.29, 0.717) is 18.5 Å². The molecular formula is C21H26N2O2. The lowest BCUT2D eigenvalue weighted by Gasteiger charge is -2.22. The molecule has 0 bridgehead atoms. The maximum absolute atomic E-state index is 13.0. The fourth-order valence-corrected chi connectivity index (χ4v) is 2.74. The predicted molar refractivity (Wildman–Crippen MR) is 101 cm³/mol. The fraction of sp³-hybridized carbons (Fsp3) is 0.333. The summed E-state index contributed by atoms with van der Waals surface area (Å²) in [6.07, 6.45) is 0.693. The molecule has 0 atom stereocenters. The highest BCUT2D eigenvalue weighted by molar-refractivity contribution is 5.97. The number of rotatable bonds is 7. The third-order valence-corrected chi connectivity index (χ3v) is 3.94. The van der Waals surface area contributed by atoms with Crippen molar-refractivity contribution in [2.24, 2.45) is 0 Å². The number of carbonyl (C=O) groups is 2. The molecule has 0 heterocycles. The molecule has 2 aromatic rings. The highest BCUT2D eigenvalue weighted by Crippen LogP contribution is 2.16. The van der Waals surface area contributed by atoms with E-state index >= 15 is 0 Å². The molecule has 0 saturated carbocycles. The molecule has 0 radical (unpaired) electrons. The summed E-state index contributed by atoms with van der Waals surface area (Å²) < 4.78 is 0. The number of nitrogens with one attached hydrogen (secondary N) is 1. The van der Waals surface area contributed by atoms with Gasteiger partial charge in [-0.3, -0.25) is 9.59 Å². The fourth-order valence-electron chi connectivity index (χ4n) is 2.74. The van der Waals surface area contributed by atoms with Gasteiger partial charge in [0.2, 0.25) is 5.91 Å². The minimum absolute atomic E-state index is 0.0617. The van der Waals surface area contributed by atoms with Crippen LogP contribution in [-0.4, -0.2) is 35.8 Å². The molecular weight excluding hydrogens is 312 g/mol. The van der Waals surface area contributed by atoms with Crippen molar-refractivity contribution < 1.29 is 9.59 Å². The van der Waals surface area contributed by atoms with Gasteiger partial charge in [-0.15, -0.1) is 0 Å². The van der Waals surface area contributed by atoms with Crippen LogP contribution in [0.25, 0.3) is 0 Å². The van der Waals surface area contributed by atoms with E-state index in [1.807, 2.05) is 63.2 Å². The number of hydrogen-bond donors (Lipinski definition) is 1. The number of hydrogen-bond acceptors (Lipinski definition) is 2. The van der Waals surface area contributed by atoms with Crippen LogP contribution < -0.4 is 5.32 Å². The van der Waals surface area contributed by atoms with E-state index in [1.165, 1.54) is 0 Å². The molecule has 0 aliphatic rings. The molecule has 2 rings (SSSR count). The monoisotopic (exact) mass is 338 g/mol. The third-order valence-electron chi connectivity index (χ3n) is 3.94. The van der Waals surface area contributed by atoms with Gasteiger partial charge < -0.3 is 10.2 Å². The van der Waals surface area contributed by atoms with Gasteiger partial charge in [-0.2, -0.15) is 0 Å². The van der Waals surface area contributed by atoms with Crippen LogP contribution >= 0.6 is 0 Å². The van der Waals surface area contributed by atoms with E-state index in [2.05, 4.69) is 17.4 Å². The van der Waals surface area contributed by atoms with Gasteiger partial charge in [0.25, 0.3) is 5.91 Å². The van der Waals surface area contributed by atoms with Crippen molar-refractivity contribution in [3.63, 3.8) is 0 Å². The molecule has 4 heteroatoms. The van der Waals surface area contributed by atoms with E-state index in [-0.39, 0.29) is 24.4 Å². The topological polar surface area (TPSA) is 49.4 Å². The average Bonchev–Trinajstić information content (AvgIpc) is 2.60. The lowest BCUT2D eigenvalue weighted by molar-refractivity contribution is -0.122. The molecule has 0 aromatic heterocycles. The summed E-state index contributed by atoms with van der Waals surface area (Å²) in [6, 6.07) is 17.7. The van der Waals surface area contributed by atoms with Gasteiger partial charge in [0.15, 0.2) is 0 Å². The van der Waals surface area contributed by atoms with Crippen molar-refractivity contribution in [3.05, 3.63) is 71.3 Å². The van der Waals surface area contributed by atoms with Crippen LogP contribution in [0, 0.1) is 0 Å². The predicted octanol–water partition coefficient (Wildman–Crippen LogP) is 3.26. The second-order valence-electron chi connectivity index (χ2n) is 6.36. The summed E-state index contributed by atoms with van der Waals surface area (Å²) in [5.41, 5.74) is 2.79. The summed E-state index contributed by atoms with van der Waals surface area (Å²) in [5, 5.41) is 2.84. The largest absolute Gasteiger partial charge is 0.352 e. The number of benzene rings is 2. The Morgan fingerprint density at radius 3 is 2.28 bits per heavy atom. The van der Waals surface area contributed by atoms with Crippen LogP contribution in [0.1, 0.15) is 42.3 Å². The highest BCUT2D eigenvalue weighted by atomic mass is 16.2. The van der Waals surface area contributed by atoms with Crippen LogP contribution in [0.2, 0.25) is 0 Å². The first-order chi connectivity index (χ1) is 12.0. The molecule has 4 nitrogen and oxygen atoms in total. The SMILES string of the molecule is CCN(CC(=O)NC(C)C)C(=O)c1ccccc1Cc1ccccc1. The summed E-state index contributed by atoms with van der Waals surface area (Å²) in [7, 11) is 0. The van der Waals surface area contributed by atoms with Gasteiger partial charge in [0.1, 0.15) is 0 Å². The number of likely N-dealkylation sites (N-methyl/N-ethyl adjacent to an activating group) is 1. The minimum Gasteiger partial charge on any atom is -0.352 e. The quantitative estimate of drug-likeness (QED) is 0.842. The van der Waals surface area contributed by atoms with Crippen LogP contribution in [0.3, 0.4) is 0 Å². The van der Waals surface area contributed by atoms with E-state index < -0.39 is 0 Å². The van der Waals surface area contributed by atoms with Crippen molar-refractivity contribution in [1.29, 1.82) is 0 Å². The summed E-state index contributed by atoms with van der Waals surface area (Å²) >= 11 is 0. The van der Waals surface area contributed by atoms with Gasteiger partial charge in [0, 0.05) is 18.2 Å². The molecule has 1 N–H and O–H groups in total. The molecule has 2 aromatic carbocycles. The van der Waals surface area contributed by atoms with Crippen molar-refractivity contribution in [3.8, 4) is 0 Å². The molecule has 2 amide bonds. The van der Waals surface area contributed by atoms with Gasteiger partial charge in [-0.25, -0.2) is 0 Å². The zero-order chi connectivity index (χ0) is 18.2. The van der Waals surface area contributed by atoms with Crippen LogP contribution in [-0.2, 0) is 11.2 Å². The Hall–Kier alpha value is -2.62. The first kappa shape index (κ1) is 18.7. The minimum atomic E-state index is -0.134. The summed E-state index contributed by atoms with van der Waals surface area (Å²) in [4.78, 5) is 26.6. The van der Waals surface area contributed by atoms with E-state index in [1.54, 1.807) is 4.90 Å². The summed E-state index contributed by atoms with van der Waals surface area (Å²) in [6.45, 7) is 6.27. The lowest BCUT2D eigenvalue weighted by Crippen LogP contribution is -2.42. The Balaban J connectivity index is 2.18. The van der Waals surface area contributed by atoms with Gasteiger partial charge in [-0.1, -0.05) is 48.5 Å². The molecule has 0 aliphatic carbocycles. The molecule has 0 saturated heterocycles. The third kappa shape index (κ3) is 5.45. The maximum atomic E-state index is 13.0. The Morgan fingerprint density at radius 1 is 1.00 bits per heavy atom. The molecule has 0 spiro atoms. The zero-order valence-electron chi connectivity index (χ0n) is 15.2. The Morgan fingerprint density at radius 2 is 1.64 bits per heavy atom. The zero-order valence-corrected chi connectivity index (χ0v) is 15.2. The number of carbonyl (C=O) groups excluding carboxylic acids is 2. The van der Waals surface area contributed by atoms with E-state index in [4.69, 9.17) is 0 Å². The number of amides is 2. The first-order valence-electron chi connectivity index (χ1n) is 8.71. The van der Waals surface area contributed by atoms with Crippen molar-refractivity contribution >= 4 is 11.8 Å². The molecule has 0 aliphatic heterocycles.